The topological polar surface area (TPSA) is 42.3 Å². The Morgan fingerprint density at radius 3 is 2.81 bits per heavy atom. The number of imidazole rings is 1. The number of hydrogen-bond donors (Lipinski definition) is 1. The molecule has 5 nitrogen and oxygen atoms in total. The lowest BCUT2D eigenvalue weighted by molar-refractivity contribution is 0.162. The molecule has 120 valence electrons. The van der Waals surface area contributed by atoms with Crippen LogP contribution in [0.3, 0.4) is 0 Å². The molecule has 1 aromatic heterocycles. The number of nitrogens with one attached hydrogen (secondary N) is 1. The maximum absolute atomic E-state index is 5.31. The maximum Gasteiger partial charge on any atom is 0.205 e. The molecule has 0 aliphatic carbocycles. The van der Waals surface area contributed by atoms with E-state index in [1.807, 2.05) is 0 Å². The van der Waals surface area contributed by atoms with Crippen molar-refractivity contribution in [3.8, 4) is 0 Å². The van der Waals surface area contributed by atoms with Gasteiger partial charge in [-0.2, -0.15) is 0 Å². The van der Waals surface area contributed by atoms with Crippen LogP contribution < -0.4 is 10.2 Å². The van der Waals surface area contributed by atoms with E-state index in [4.69, 9.17) is 9.72 Å². The van der Waals surface area contributed by atoms with Gasteiger partial charge in [-0.1, -0.05) is 6.92 Å². The quantitative estimate of drug-likeness (QED) is 0.836. The zero-order valence-corrected chi connectivity index (χ0v) is 13.9. The highest BCUT2D eigenvalue weighted by molar-refractivity contribution is 5.33. The highest BCUT2D eigenvalue weighted by atomic mass is 16.5. The van der Waals surface area contributed by atoms with Crippen LogP contribution in [0.25, 0.3) is 0 Å². The van der Waals surface area contributed by atoms with Crippen LogP contribution in [0.1, 0.15) is 38.4 Å². The first-order valence-electron chi connectivity index (χ1n) is 8.14. The van der Waals surface area contributed by atoms with Crippen LogP contribution in [0.2, 0.25) is 0 Å². The second-order valence-corrected chi connectivity index (χ2v) is 6.17. The summed E-state index contributed by atoms with van der Waals surface area (Å²) in [5, 5.41) is 3.43. The van der Waals surface area contributed by atoms with Crippen molar-refractivity contribution in [2.24, 2.45) is 5.92 Å². The first-order valence-corrected chi connectivity index (χ1v) is 8.14. The fraction of sp³-hybridized carbons (Fsp3) is 0.812. The molecule has 5 heteroatoms. The van der Waals surface area contributed by atoms with E-state index in [1.165, 1.54) is 12.8 Å². The van der Waals surface area contributed by atoms with E-state index >= 15 is 0 Å². The Balaban J connectivity index is 2.10. The maximum atomic E-state index is 5.31. The van der Waals surface area contributed by atoms with Crippen LogP contribution in [0, 0.1) is 5.92 Å². The van der Waals surface area contributed by atoms with E-state index in [-0.39, 0.29) is 0 Å². The van der Waals surface area contributed by atoms with Crippen molar-refractivity contribution in [1.82, 2.24) is 14.9 Å². The smallest absolute Gasteiger partial charge is 0.205 e. The number of aromatic nitrogens is 2. The van der Waals surface area contributed by atoms with Gasteiger partial charge in [0, 0.05) is 26.9 Å². The molecule has 1 atom stereocenters. The van der Waals surface area contributed by atoms with Gasteiger partial charge in [0.2, 0.25) is 5.95 Å². The summed E-state index contributed by atoms with van der Waals surface area (Å²) in [4.78, 5) is 7.14. The van der Waals surface area contributed by atoms with Gasteiger partial charge in [-0.3, -0.25) is 0 Å². The van der Waals surface area contributed by atoms with E-state index in [0.29, 0.717) is 12.6 Å². The van der Waals surface area contributed by atoms with Crippen LogP contribution in [0.5, 0.6) is 0 Å². The molecule has 2 rings (SSSR count). The number of hydrogen-bond acceptors (Lipinski definition) is 4. The number of aryl methyl sites for hydroxylation is 1. The number of ether oxygens (including phenoxy) is 1. The van der Waals surface area contributed by atoms with Gasteiger partial charge in [0.1, 0.15) is 0 Å². The Hall–Kier alpha value is -1.07. The largest absolute Gasteiger partial charge is 0.383 e. The van der Waals surface area contributed by atoms with Gasteiger partial charge >= 0.3 is 0 Å². The Kier molecular flexibility index (Phi) is 6.06. The Morgan fingerprint density at radius 2 is 2.19 bits per heavy atom. The summed E-state index contributed by atoms with van der Waals surface area (Å²) in [6, 6.07) is 0.313. The molecule has 1 N–H and O–H groups in total. The average Bonchev–Trinajstić information content (AvgIpc) is 2.93. The molecule has 1 saturated heterocycles. The number of piperidine rings is 1. The third-order valence-corrected chi connectivity index (χ3v) is 4.34. The fourth-order valence-electron chi connectivity index (χ4n) is 3.07. The molecule has 0 bridgehead atoms. The predicted octanol–water partition coefficient (Wildman–Crippen LogP) is 2.09. The van der Waals surface area contributed by atoms with Crippen LogP contribution in [0.15, 0.2) is 6.20 Å². The Morgan fingerprint density at radius 1 is 1.48 bits per heavy atom. The van der Waals surface area contributed by atoms with Gasteiger partial charge < -0.3 is 19.5 Å². The lowest BCUT2D eigenvalue weighted by Gasteiger charge is -2.29. The lowest BCUT2D eigenvalue weighted by atomic mass is 9.98. The second kappa shape index (κ2) is 7.80. The summed E-state index contributed by atoms with van der Waals surface area (Å²) < 4.78 is 7.58. The molecule has 0 aromatic carbocycles. The monoisotopic (exact) mass is 294 g/mol. The summed E-state index contributed by atoms with van der Waals surface area (Å²) in [6.07, 6.45) is 5.68. The summed E-state index contributed by atoms with van der Waals surface area (Å²) in [6.45, 7) is 8.44. The van der Waals surface area contributed by atoms with Crippen molar-refractivity contribution in [3.63, 3.8) is 0 Å². The van der Waals surface area contributed by atoms with E-state index in [1.54, 1.807) is 7.11 Å². The molecule has 0 spiro atoms. The zero-order chi connectivity index (χ0) is 15.2. The molecule has 1 unspecified atom stereocenters. The van der Waals surface area contributed by atoms with Crippen LogP contribution in [0.4, 0.5) is 5.95 Å². The molecule has 1 aromatic rings. The second-order valence-electron chi connectivity index (χ2n) is 6.17. The van der Waals surface area contributed by atoms with Crippen molar-refractivity contribution < 1.29 is 4.74 Å². The van der Waals surface area contributed by atoms with Crippen LogP contribution in [-0.2, 0) is 11.2 Å². The van der Waals surface area contributed by atoms with Gasteiger partial charge in [-0.25, -0.2) is 4.98 Å². The van der Waals surface area contributed by atoms with Gasteiger partial charge in [0.25, 0.3) is 0 Å². The highest BCUT2D eigenvalue weighted by Gasteiger charge is 2.20. The molecule has 0 radical (unpaired) electrons. The molecule has 2 heterocycles. The molecule has 0 saturated carbocycles. The molecule has 1 aliphatic heterocycles. The summed E-state index contributed by atoms with van der Waals surface area (Å²) in [5.41, 5.74) is 1.16. The molecule has 0 amide bonds. The molecular formula is C16H30N4O. The Bertz CT molecular complexity index is 426. The van der Waals surface area contributed by atoms with Crippen LogP contribution >= 0.6 is 0 Å². The van der Waals surface area contributed by atoms with Crippen molar-refractivity contribution in [1.29, 1.82) is 0 Å². The minimum atomic E-state index is 0.313. The van der Waals surface area contributed by atoms with E-state index in [0.717, 1.165) is 43.6 Å². The molecule has 21 heavy (non-hydrogen) atoms. The van der Waals surface area contributed by atoms with Crippen molar-refractivity contribution in [2.45, 2.75) is 39.2 Å². The predicted molar refractivity (Wildman–Crippen MR) is 87.1 cm³/mol. The zero-order valence-electron chi connectivity index (χ0n) is 13.9. The number of nitrogens with zero attached hydrogens (tertiary/aromatic N) is 3. The molecule has 1 fully saturated rings. The van der Waals surface area contributed by atoms with E-state index in [9.17, 15) is 0 Å². The summed E-state index contributed by atoms with van der Waals surface area (Å²) in [7, 11) is 3.92. The lowest BCUT2D eigenvalue weighted by Crippen LogP contribution is -2.35. The van der Waals surface area contributed by atoms with E-state index < -0.39 is 0 Å². The minimum Gasteiger partial charge on any atom is -0.383 e. The number of anilines is 1. The van der Waals surface area contributed by atoms with E-state index in [2.05, 4.69) is 41.9 Å². The summed E-state index contributed by atoms with van der Waals surface area (Å²) in [5.74, 6) is 1.85. The standard InChI is InChI=1S/C16H30N4O/c1-5-15-11-20(13(2)12-21-4)16(18-15)19(3)10-14-6-8-17-9-7-14/h11,13-14,17H,5-10,12H2,1-4H3. The number of methoxy groups -OCH3 is 1. The average molecular weight is 294 g/mol. The fourth-order valence-corrected chi connectivity index (χ4v) is 3.07. The first-order chi connectivity index (χ1) is 10.2. The SMILES string of the molecule is CCc1cn(C(C)COC)c(N(C)CC2CCNCC2)n1. The highest BCUT2D eigenvalue weighted by Crippen LogP contribution is 2.22. The molecular weight excluding hydrogens is 264 g/mol. The minimum absolute atomic E-state index is 0.313. The third-order valence-electron chi connectivity index (χ3n) is 4.34. The van der Waals surface area contributed by atoms with Gasteiger partial charge in [0.15, 0.2) is 0 Å². The van der Waals surface area contributed by atoms with Gasteiger partial charge in [-0.05, 0) is 45.2 Å². The summed E-state index contributed by atoms with van der Waals surface area (Å²) >= 11 is 0. The van der Waals surface area contributed by atoms with Gasteiger partial charge in [0.05, 0.1) is 18.3 Å². The first kappa shape index (κ1) is 16.3. The van der Waals surface area contributed by atoms with Crippen LogP contribution in [-0.4, -0.2) is 49.9 Å². The normalized spacial score (nSPS) is 17.9. The van der Waals surface area contributed by atoms with Crippen molar-refractivity contribution in [3.05, 3.63) is 11.9 Å². The number of rotatable bonds is 7. The van der Waals surface area contributed by atoms with Gasteiger partial charge in [-0.15, -0.1) is 0 Å². The van der Waals surface area contributed by atoms with Crippen molar-refractivity contribution in [2.75, 3.05) is 45.3 Å². The third kappa shape index (κ3) is 4.20. The Labute approximate surface area is 128 Å². The molecule has 1 aliphatic rings. The van der Waals surface area contributed by atoms with Crippen molar-refractivity contribution >= 4 is 5.95 Å².